The summed E-state index contributed by atoms with van der Waals surface area (Å²) in [4.78, 5) is 17.4. The van der Waals surface area contributed by atoms with Crippen LogP contribution in [0, 0.1) is 6.92 Å². The molecule has 0 N–H and O–H groups in total. The van der Waals surface area contributed by atoms with Gasteiger partial charge in [-0.05, 0) is 64.5 Å². The molecule has 1 saturated carbocycles. The number of aryl methyl sites for hydroxylation is 1. The summed E-state index contributed by atoms with van der Waals surface area (Å²) in [7, 11) is -3.37. The van der Waals surface area contributed by atoms with E-state index in [1.54, 1.807) is 13.0 Å². The lowest BCUT2D eigenvalue weighted by molar-refractivity contribution is -0.200. The summed E-state index contributed by atoms with van der Waals surface area (Å²) >= 11 is 0. The number of halogens is 3. The van der Waals surface area contributed by atoms with Gasteiger partial charge in [-0.3, -0.25) is 0 Å². The maximum absolute atomic E-state index is 12.6. The van der Waals surface area contributed by atoms with Crippen LogP contribution in [0.15, 0.2) is 17.2 Å². The zero-order valence-electron chi connectivity index (χ0n) is 19.5. The predicted molar refractivity (Wildman–Crippen MR) is 116 cm³/mol. The number of sulfone groups is 1. The van der Waals surface area contributed by atoms with Gasteiger partial charge in [-0.25, -0.2) is 18.2 Å². The third-order valence-corrected chi connectivity index (χ3v) is 7.12. The molecule has 1 aliphatic carbocycles. The molecule has 2 aliphatic rings. The van der Waals surface area contributed by atoms with E-state index in [4.69, 9.17) is 9.47 Å². The summed E-state index contributed by atoms with van der Waals surface area (Å²) in [6.45, 7) is 3.12. The topological polar surface area (TPSA) is 95.0 Å². The number of ether oxygens (including phenoxy) is 3. The van der Waals surface area contributed by atoms with Crippen molar-refractivity contribution in [3.63, 3.8) is 0 Å². The van der Waals surface area contributed by atoms with Crippen LogP contribution in [0.4, 0.5) is 18.0 Å². The third kappa shape index (κ3) is 7.21. The van der Waals surface area contributed by atoms with Gasteiger partial charge >= 0.3 is 12.3 Å². The smallest absolute Gasteiger partial charge is 0.425 e. The number of piperidine rings is 1. The Morgan fingerprint density at radius 3 is 2.15 bits per heavy atom. The molecule has 192 valence electrons. The van der Waals surface area contributed by atoms with E-state index >= 15 is 0 Å². The first-order chi connectivity index (χ1) is 15.8. The van der Waals surface area contributed by atoms with E-state index in [-0.39, 0.29) is 23.3 Å². The van der Waals surface area contributed by atoms with Gasteiger partial charge < -0.3 is 19.1 Å². The predicted octanol–water partition coefficient (Wildman–Crippen LogP) is 4.05. The maximum Gasteiger partial charge on any atom is 0.425 e. The van der Waals surface area contributed by atoms with Crippen LogP contribution in [-0.2, 0) is 19.3 Å². The van der Waals surface area contributed by atoms with Crippen LogP contribution >= 0.6 is 0 Å². The summed E-state index contributed by atoms with van der Waals surface area (Å²) in [6, 6.07) is 3.08. The van der Waals surface area contributed by atoms with Crippen LogP contribution in [0.5, 0.6) is 5.75 Å². The molecule has 0 radical (unpaired) electrons. The normalized spacial score (nSPS) is 23.4. The number of rotatable bonds is 6. The molecule has 8 nitrogen and oxygen atoms in total. The van der Waals surface area contributed by atoms with Crippen molar-refractivity contribution in [3.05, 3.63) is 17.8 Å². The number of hydrogen-bond acceptors (Lipinski definition) is 7. The molecule has 12 heteroatoms. The first-order valence-electron chi connectivity index (χ1n) is 11.3. The number of pyridine rings is 1. The van der Waals surface area contributed by atoms with Gasteiger partial charge in [-0.15, -0.1) is 0 Å². The van der Waals surface area contributed by atoms with Crippen molar-refractivity contribution in [2.75, 3.05) is 19.3 Å². The van der Waals surface area contributed by atoms with Crippen LogP contribution in [0.3, 0.4) is 0 Å². The Balaban J connectivity index is 1.40. The van der Waals surface area contributed by atoms with Gasteiger partial charge in [0.05, 0.1) is 24.0 Å². The lowest BCUT2D eigenvalue weighted by atomic mass is 9.94. The highest BCUT2D eigenvalue weighted by Gasteiger charge is 2.40. The fraction of sp³-hybridized carbons (Fsp3) is 0.727. The quantitative estimate of drug-likeness (QED) is 0.572. The van der Waals surface area contributed by atoms with Gasteiger partial charge in [-0.2, -0.15) is 13.2 Å². The Hall–Kier alpha value is -2.08. The first kappa shape index (κ1) is 26.5. The molecule has 1 saturated heterocycles. The van der Waals surface area contributed by atoms with E-state index < -0.39 is 28.2 Å². The Bertz CT molecular complexity index is 956. The molecule has 1 aromatic heterocycles. The van der Waals surface area contributed by atoms with E-state index in [0.717, 1.165) is 38.9 Å². The molecule has 1 unspecified atom stereocenters. The highest BCUT2D eigenvalue weighted by molar-refractivity contribution is 7.90. The van der Waals surface area contributed by atoms with Gasteiger partial charge in [0, 0.05) is 19.3 Å². The lowest BCUT2D eigenvalue weighted by Crippen LogP contribution is -2.44. The van der Waals surface area contributed by atoms with E-state index in [9.17, 15) is 26.4 Å². The Morgan fingerprint density at radius 2 is 1.62 bits per heavy atom. The Labute approximate surface area is 197 Å². The lowest BCUT2D eigenvalue weighted by Gasteiger charge is -2.36. The van der Waals surface area contributed by atoms with Crippen LogP contribution in [-0.4, -0.2) is 74.3 Å². The molecule has 0 bridgehead atoms. The molecule has 0 aromatic carbocycles. The van der Waals surface area contributed by atoms with E-state index in [0.29, 0.717) is 37.4 Å². The molecule has 1 amide bonds. The summed E-state index contributed by atoms with van der Waals surface area (Å²) in [5, 5.41) is 0.0173. The van der Waals surface area contributed by atoms with Crippen molar-refractivity contribution in [2.24, 2.45) is 0 Å². The third-order valence-electron chi connectivity index (χ3n) is 6.13. The molecule has 1 atom stereocenters. The van der Waals surface area contributed by atoms with Gasteiger partial charge in [0.2, 0.25) is 0 Å². The average molecular weight is 509 g/mol. The van der Waals surface area contributed by atoms with Crippen LogP contribution < -0.4 is 4.74 Å². The van der Waals surface area contributed by atoms with Crippen LogP contribution in [0.2, 0.25) is 0 Å². The number of amides is 1. The number of aromatic nitrogens is 1. The number of likely N-dealkylation sites (tertiary alicyclic amines) is 1. The van der Waals surface area contributed by atoms with Crippen molar-refractivity contribution < 1.29 is 40.6 Å². The monoisotopic (exact) mass is 508 g/mol. The molecule has 0 spiro atoms. The summed E-state index contributed by atoms with van der Waals surface area (Å²) in [5.41, 5.74) is 0.524. The maximum atomic E-state index is 12.6. The number of alkyl halides is 3. The zero-order valence-corrected chi connectivity index (χ0v) is 20.3. The van der Waals surface area contributed by atoms with Crippen molar-refractivity contribution in [3.8, 4) is 5.75 Å². The number of nitrogens with zero attached hydrogens (tertiary/aromatic N) is 2. The summed E-state index contributed by atoms with van der Waals surface area (Å²) < 4.78 is 77.7. The second-order valence-electron chi connectivity index (χ2n) is 8.91. The average Bonchev–Trinajstić information content (AvgIpc) is 2.75. The molecule has 3 rings (SSSR count). The first-order valence-corrected chi connectivity index (χ1v) is 13.2. The second-order valence-corrected chi connectivity index (χ2v) is 10.9. The fourth-order valence-electron chi connectivity index (χ4n) is 4.06. The molecule has 1 aliphatic heterocycles. The van der Waals surface area contributed by atoms with Crippen LogP contribution in [0.25, 0.3) is 0 Å². The minimum absolute atomic E-state index is 0.0170. The van der Waals surface area contributed by atoms with Crippen molar-refractivity contribution >= 4 is 15.9 Å². The molecule has 2 fully saturated rings. The van der Waals surface area contributed by atoms with Crippen molar-refractivity contribution in [2.45, 2.75) is 88.0 Å². The van der Waals surface area contributed by atoms with E-state index in [1.807, 2.05) is 0 Å². The Morgan fingerprint density at radius 1 is 1.06 bits per heavy atom. The summed E-state index contributed by atoms with van der Waals surface area (Å²) in [5.74, 6) is 0.566. The number of hydrogen-bond donors (Lipinski definition) is 0. The van der Waals surface area contributed by atoms with Gasteiger partial charge in [0.25, 0.3) is 0 Å². The molecular weight excluding hydrogens is 477 g/mol. The van der Waals surface area contributed by atoms with Gasteiger partial charge in [0.15, 0.2) is 21.0 Å². The van der Waals surface area contributed by atoms with Crippen molar-refractivity contribution in [1.29, 1.82) is 0 Å². The Kier molecular flexibility index (Phi) is 8.33. The molecule has 1 aromatic rings. The van der Waals surface area contributed by atoms with Crippen molar-refractivity contribution in [1.82, 2.24) is 9.88 Å². The largest absolute Gasteiger partial charge is 0.489 e. The molecule has 34 heavy (non-hydrogen) atoms. The summed E-state index contributed by atoms with van der Waals surface area (Å²) in [6.07, 6.45) is -2.33. The second kappa shape index (κ2) is 10.7. The SMILES string of the molecule is Cc1nc(S(C)(=O)=O)ccc1O[C@H]1CC[C@H](OC2CCN(C(=O)OC(C)C(F)(F)F)CC2)CC1. The number of carbonyl (C=O) groups excluding carboxylic acids is 1. The van der Waals surface area contributed by atoms with Gasteiger partial charge in [0.1, 0.15) is 5.75 Å². The van der Waals surface area contributed by atoms with Crippen LogP contribution in [0.1, 0.15) is 51.1 Å². The highest BCUT2D eigenvalue weighted by atomic mass is 32.2. The minimum atomic E-state index is -4.57. The molecule has 2 heterocycles. The minimum Gasteiger partial charge on any atom is -0.489 e. The molecular formula is C22H31F3N2O6S. The van der Waals surface area contributed by atoms with Gasteiger partial charge in [-0.1, -0.05) is 0 Å². The standard InChI is InChI=1S/C22H31F3N2O6S/c1-14-19(8-9-20(26-14)34(3,29)30)33-17-6-4-16(5-7-17)32-18-10-12-27(13-11-18)21(28)31-15(2)22(23,24)25/h8-9,15-18H,4-7,10-13H2,1-3H3/t15?,16-,17-. The van der Waals surface area contributed by atoms with E-state index in [1.165, 1.54) is 11.0 Å². The fourth-order valence-corrected chi connectivity index (χ4v) is 4.68. The van der Waals surface area contributed by atoms with E-state index in [2.05, 4.69) is 9.72 Å². The number of carbonyl (C=O) groups is 1. The highest BCUT2D eigenvalue weighted by Crippen LogP contribution is 2.30. The zero-order chi connectivity index (χ0) is 25.1.